The number of aryl methyl sites for hydroxylation is 2. The molecular formula is C26H21F3N6O. The lowest BCUT2D eigenvalue weighted by Crippen LogP contribution is -2.15. The number of imidazole rings is 1. The zero-order valence-electron chi connectivity index (χ0n) is 19.4. The van der Waals surface area contributed by atoms with Gasteiger partial charge in [-0.15, -0.1) is 0 Å². The van der Waals surface area contributed by atoms with E-state index in [0.717, 1.165) is 23.3 Å². The number of benzene rings is 2. The van der Waals surface area contributed by atoms with Crippen molar-refractivity contribution in [3.8, 4) is 11.8 Å². The molecule has 36 heavy (non-hydrogen) atoms. The van der Waals surface area contributed by atoms with Crippen molar-refractivity contribution < 1.29 is 18.0 Å². The van der Waals surface area contributed by atoms with Crippen LogP contribution in [0.3, 0.4) is 0 Å². The summed E-state index contributed by atoms with van der Waals surface area (Å²) in [7, 11) is 0. The van der Waals surface area contributed by atoms with Crippen LogP contribution in [0.1, 0.15) is 38.4 Å². The molecule has 0 fully saturated rings. The maximum absolute atomic E-state index is 13.5. The van der Waals surface area contributed by atoms with E-state index in [1.54, 1.807) is 43.5 Å². The second-order valence-electron chi connectivity index (χ2n) is 8.18. The molecule has 7 nitrogen and oxygen atoms in total. The smallest absolute Gasteiger partial charge is 0.381 e. The van der Waals surface area contributed by atoms with Crippen LogP contribution >= 0.6 is 0 Å². The fraction of sp³-hybridized carbons (Fsp3) is 0.154. The Kier molecular flexibility index (Phi) is 6.74. The van der Waals surface area contributed by atoms with E-state index in [9.17, 15) is 18.0 Å². The number of aromatic nitrogens is 3. The summed E-state index contributed by atoms with van der Waals surface area (Å²) in [5.74, 6) is -0.543. The maximum Gasteiger partial charge on any atom is 0.416 e. The monoisotopic (exact) mass is 490 g/mol. The third-order valence-electron chi connectivity index (χ3n) is 5.48. The van der Waals surface area contributed by atoms with Gasteiger partial charge in [-0.1, -0.05) is 6.07 Å². The van der Waals surface area contributed by atoms with Gasteiger partial charge in [0.15, 0.2) is 0 Å². The summed E-state index contributed by atoms with van der Waals surface area (Å²) in [6.07, 6.45) is -0.0566. The molecule has 0 unspecified atom stereocenters. The largest absolute Gasteiger partial charge is 0.416 e. The van der Waals surface area contributed by atoms with Crippen LogP contribution < -0.4 is 10.6 Å². The number of nitriles is 1. The second kappa shape index (κ2) is 9.92. The van der Waals surface area contributed by atoms with Crippen molar-refractivity contribution in [2.45, 2.75) is 26.6 Å². The number of pyridine rings is 1. The Morgan fingerprint density at radius 2 is 1.86 bits per heavy atom. The maximum atomic E-state index is 13.5. The van der Waals surface area contributed by atoms with E-state index >= 15 is 0 Å². The minimum Gasteiger partial charge on any atom is -0.381 e. The second-order valence-corrected chi connectivity index (χ2v) is 8.18. The summed E-state index contributed by atoms with van der Waals surface area (Å²) in [6, 6.07) is 13.7. The first-order chi connectivity index (χ1) is 17.1. The molecule has 10 heteroatoms. The molecule has 0 saturated carbocycles. The molecular weight excluding hydrogens is 469 g/mol. The van der Waals surface area contributed by atoms with Gasteiger partial charge in [0.1, 0.15) is 11.8 Å². The first-order valence-electron chi connectivity index (χ1n) is 10.9. The summed E-state index contributed by atoms with van der Waals surface area (Å²) in [5.41, 5.74) is 3.00. The number of hydrogen-bond donors (Lipinski definition) is 2. The molecule has 2 aromatic heterocycles. The number of nitrogens with one attached hydrogen (secondary N) is 2. The van der Waals surface area contributed by atoms with E-state index in [1.165, 1.54) is 23.2 Å². The quantitative estimate of drug-likeness (QED) is 0.365. The van der Waals surface area contributed by atoms with Gasteiger partial charge in [-0.2, -0.15) is 18.4 Å². The third-order valence-corrected chi connectivity index (χ3v) is 5.48. The minimum atomic E-state index is -4.59. The summed E-state index contributed by atoms with van der Waals surface area (Å²) in [5, 5.41) is 14.8. The van der Waals surface area contributed by atoms with Crippen LogP contribution in [0.4, 0.5) is 24.5 Å². The highest BCUT2D eigenvalue weighted by Crippen LogP contribution is 2.33. The number of carbonyl (C=O) groups excluding carboxylic acids is 1. The fourth-order valence-electron chi connectivity index (χ4n) is 3.56. The summed E-state index contributed by atoms with van der Waals surface area (Å²) in [6.45, 7) is 3.99. The lowest BCUT2D eigenvalue weighted by molar-refractivity contribution is -0.137. The van der Waals surface area contributed by atoms with E-state index in [1.807, 2.05) is 13.0 Å². The van der Waals surface area contributed by atoms with Crippen LogP contribution in [0.15, 0.2) is 67.3 Å². The topological polar surface area (TPSA) is 95.6 Å². The number of alkyl halides is 3. The van der Waals surface area contributed by atoms with E-state index in [-0.39, 0.29) is 17.1 Å². The zero-order chi connectivity index (χ0) is 25.9. The van der Waals surface area contributed by atoms with Crippen LogP contribution in [0.25, 0.3) is 5.69 Å². The van der Waals surface area contributed by atoms with Crippen molar-refractivity contribution in [1.29, 1.82) is 5.26 Å². The van der Waals surface area contributed by atoms with Gasteiger partial charge in [-0.25, -0.2) is 9.97 Å². The van der Waals surface area contributed by atoms with Crippen molar-refractivity contribution >= 4 is 17.3 Å². The predicted octanol–water partition coefficient (Wildman–Crippen LogP) is 5.64. The summed E-state index contributed by atoms with van der Waals surface area (Å²) < 4.78 is 42.1. The Bertz CT molecular complexity index is 1470. The van der Waals surface area contributed by atoms with Gasteiger partial charge in [0, 0.05) is 41.6 Å². The van der Waals surface area contributed by atoms with Gasteiger partial charge in [-0.3, -0.25) is 4.79 Å². The molecule has 0 bridgehead atoms. The average molecular weight is 490 g/mol. The molecule has 2 aromatic carbocycles. The van der Waals surface area contributed by atoms with Crippen molar-refractivity contribution in [2.24, 2.45) is 0 Å². The number of hydrogen-bond acceptors (Lipinski definition) is 5. The first-order valence-corrected chi connectivity index (χ1v) is 10.9. The Morgan fingerprint density at radius 1 is 1.06 bits per heavy atom. The highest BCUT2D eigenvalue weighted by molar-refractivity contribution is 6.04. The van der Waals surface area contributed by atoms with E-state index in [4.69, 9.17) is 5.26 Å². The zero-order valence-corrected chi connectivity index (χ0v) is 19.4. The number of anilines is 2. The summed E-state index contributed by atoms with van der Waals surface area (Å²) >= 11 is 0. The summed E-state index contributed by atoms with van der Waals surface area (Å²) in [4.78, 5) is 21.0. The lowest BCUT2D eigenvalue weighted by atomic mass is 10.0. The molecule has 0 atom stereocenters. The van der Waals surface area contributed by atoms with Crippen LogP contribution in [0, 0.1) is 25.2 Å². The van der Waals surface area contributed by atoms with Crippen molar-refractivity contribution in [1.82, 2.24) is 14.5 Å². The molecule has 0 aliphatic carbocycles. The number of amides is 1. The molecule has 2 N–H and O–H groups in total. The Balaban J connectivity index is 1.57. The Morgan fingerprint density at radius 3 is 2.56 bits per heavy atom. The Labute approximate surface area is 205 Å². The molecule has 1 amide bonds. The highest BCUT2D eigenvalue weighted by Gasteiger charge is 2.31. The van der Waals surface area contributed by atoms with Gasteiger partial charge in [0.2, 0.25) is 0 Å². The molecule has 2 heterocycles. The van der Waals surface area contributed by atoms with E-state index in [0.29, 0.717) is 23.5 Å². The molecule has 0 aliphatic heterocycles. The van der Waals surface area contributed by atoms with Crippen molar-refractivity contribution in [3.05, 3.63) is 101 Å². The lowest BCUT2D eigenvalue weighted by Gasteiger charge is -2.14. The van der Waals surface area contributed by atoms with Crippen molar-refractivity contribution in [2.75, 3.05) is 10.6 Å². The predicted molar refractivity (Wildman–Crippen MR) is 129 cm³/mol. The number of carbonyl (C=O) groups is 1. The van der Waals surface area contributed by atoms with Crippen LogP contribution in [0.2, 0.25) is 0 Å². The number of nitrogens with zero attached hydrogens (tertiary/aromatic N) is 4. The van der Waals surface area contributed by atoms with Crippen LogP contribution in [0.5, 0.6) is 0 Å². The van der Waals surface area contributed by atoms with E-state index < -0.39 is 17.6 Å². The Hall–Kier alpha value is -4.65. The molecule has 0 saturated heterocycles. The third kappa shape index (κ3) is 5.70. The molecule has 4 rings (SSSR count). The van der Waals surface area contributed by atoms with Gasteiger partial charge < -0.3 is 15.2 Å². The van der Waals surface area contributed by atoms with Crippen LogP contribution in [-0.4, -0.2) is 20.4 Å². The standard InChI is InChI=1S/C26H21F3N6O/c1-16-3-4-18(7-19(16)13-32-21-5-6-31-23(10-21)12-30)25(36)34-22-8-20(26(27,28)29)9-24(11-22)35-14-17(2)33-15-35/h3-11,14-15H,13H2,1-2H3,(H,31,32)(H,34,36). The van der Waals surface area contributed by atoms with E-state index in [2.05, 4.69) is 20.6 Å². The fourth-order valence-corrected chi connectivity index (χ4v) is 3.56. The SMILES string of the molecule is Cc1cn(-c2cc(NC(=O)c3ccc(C)c(CNc4ccnc(C#N)c4)c3)cc(C(F)(F)F)c2)cn1. The molecule has 0 spiro atoms. The molecule has 4 aromatic rings. The highest BCUT2D eigenvalue weighted by atomic mass is 19.4. The number of rotatable bonds is 6. The number of halogens is 3. The molecule has 0 radical (unpaired) electrons. The molecule has 0 aliphatic rings. The van der Waals surface area contributed by atoms with Gasteiger partial charge in [0.05, 0.1) is 17.6 Å². The average Bonchev–Trinajstić information content (AvgIpc) is 3.29. The molecule has 182 valence electrons. The van der Waals surface area contributed by atoms with Crippen LogP contribution in [-0.2, 0) is 12.7 Å². The minimum absolute atomic E-state index is 0.0113. The first kappa shape index (κ1) is 24.5. The van der Waals surface area contributed by atoms with Crippen molar-refractivity contribution in [3.63, 3.8) is 0 Å². The van der Waals surface area contributed by atoms with Gasteiger partial charge >= 0.3 is 6.18 Å². The van der Waals surface area contributed by atoms with Gasteiger partial charge in [-0.05, 0) is 67.4 Å². The van der Waals surface area contributed by atoms with Gasteiger partial charge in [0.25, 0.3) is 5.91 Å². The normalized spacial score (nSPS) is 11.1.